The number of nitrogens with zero attached hydrogens (tertiary/aromatic N) is 3. The van der Waals surface area contributed by atoms with Crippen molar-refractivity contribution in [2.24, 2.45) is 0 Å². The molecule has 0 aliphatic rings. The Kier molecular flexibility index (Phi) is 6.22. The van der Waals surface area contributed by atoms with Gasteiger partial charge in [0.25, 0.3) is 5.56 Å². The molecule has 0 unspecified atom stereocenters. The monoisotopic (exact) mass is 441 g/mol. The van der Waals surface area contributed by atoms with Crippen LogP contribution < -0.4 is 10.9 Å². The summed E-state index contributed by atoms with van der Waals surface area (Å²) in [7, 11) is 0. The molecule has 0 radical (unpaired) electrons. The zero-order chi connectivity index (χ0) is 23.5. The average molecular weight is 442 g/mol. The van der Waals surface area contributed by atoms with Gasteiger partial charge in [-0.3, -0.25) is 14.6 Å². The second-order valence-corrected chi connectivity index (χ2v) is 8.12. The zero-order valence-corrected chi connectivity index (χ0v) is 19.3. The fourth-order valence-electron chi connectivity index (χ4n) is 3.89. The van der Waals surface area contributed by atoms with Gasteiger partial charge in [-0.15, -0.1) is 0 Å². The number of amides is 1. The van der Waals surface area contributed by atoms with Gasteiger partial charge in [0.05, 0.1) is 5.69 Å². The third kappa shape index (κ3) is 4.62. The van der Waals surface area contributed by atoms with E-state index in [2.05, 4.69) is 20.4 Å². The molecule has 0 saturated carbocycles. The van der Waals surface area contributed by atoms with E-state index in [1.807, 2.05) is 68.4 Å². The highest BCUT2D eigenvalue weighted by atomic mass is 16.1. The number of benzene rings is 2. The summed E-state index contributed by atoms with van der Waals surface area (Å²) in [6.07, 6.45) is 0.847. The lowest BCUT2D eigenvalue weighted by Gasteiger charge is -2.11. The van der Waals surface area contributed by atoms with Gasteiger partial charge in [0.15, 0.2) is 0 Å². The maximum absolute atomic E-state index is 12.8. The molecule has 0 fully saturated rings. The predicted octanol–water partition coefficient (Wildman–Crippen LogP) is 4.43. The van der Waals surface area contributed by atoms with Crippen LogP contribution in [0.15, 0.2) is 59.4 Å². The van der Waals surface area contributed by atoms with Crippen LogP contribution in [0.1, 0.15) is 34.6 Å². The Labute approximate surface area is 192 Å². The normalized spacial score (nSPS) is 10.9. The Bertz CT molecular complexity index is 1370. The SMILES string of the molecule is Cc1nn(-c2nc(C)c(C)c(=O)[nH]2)c(C)c1CCC(=O)Nc1ccccc1-c1ccccc1. The molecule has 2 aromatic carbocycles. The molecule has 0 bridgehead atoms. The lowest BCUT2D eigenvalue weighted by molar-refractivity contribution is -0.116. The Morgan fingerprint density at radius 3 is 2.39 bits per heavy atom. The fraction of sp³-hybridized carbons (Fsp3) is 0.231. The Hall–Kier alpha value is -4.00. The Morgan fingerprint density at radius 1 is 0.970 bits per heavy atom. The van der Waals surface area contributed by atoms with E-state index in [-0.39, 0.29) is 11.5 Å². The van der Waals surface area contributed by atoms with E-state index >= 15 is 0 Å². The molecule has 4 rings (SSSR count). The molecule has 0 atom stereocenters. The number of carbonyl (C=O) groups excluding carboxylic acids is 1. The number of rotatable bonds is 6. The Morgan fingerprint density at radius 2 is 1.67 bits per heavy atom. The van der Waals surface area contributed by atoms with Crippen LogP contribution in [-0.4, -0.2) is 25.7 Å². The van der Waals surface area contributed by atoms with Crippen LogP contribution in [-0.2, 0) is 11.2 Å². The average Bonchev–Trinajstić information content (AvgIpc) is 3.10. The van der Waals surface area contributed by atoms with Gasteiger partial charge in [0, 0.05) is 34.6 Å². The zero-order valence-electron chi connectivity index (χ0n) is 19.3. The topological polar surface area (TPSA) is 92.7 Å². The maximum atomic E-state index is 12.8. The number of H-pyrrole nitrogens is 1. The van der Waals surface area contributed by atoms with E-state index in [0.29, 0.717) is 30.0 Å². The quantitative estimate of drug-likeness (QED) is 0.463. The second kappa shape index (κ2) is 9.24. The van der Waals surface area contributed by atoms with E-state index in [4.69, 9.17) is 0 Å². The molecule has 0 aliphatic heterocycles. The number of hydrogen-bond donors (Lipinski definition) is 2. The molecule has 2 aromatic heterocycles. The van der Waals surface area contributed by atoms with Gasteiger partial charge in [-0.1, -0.05) is 48.5 Å². The number of hydrogen-bond acceptors (Lipinski definition) is 4. The summed E-state index contributed by atoms with van der Waals surface area (Å²) in [6, 6.07) is 17.8. The number of aryl methyl sites for hydroxylation is 2. The first-order valence-electron chi connectivity index (χ1n) is 10.9. The van der Waals surface area contributed by atoms with Crippen molar-refractivity contribution in [2.75, 3.05) is 5.32 Å². The first kappa shape index (κ1) is 22.2. The fourth-order valence-corrected chi connectivity index (χ4v) is 3.89. The summed E-state index contributed by atoms with van der Waals surface area (Å²) >= 11 is 0. The molecular formula is C26H27N5O2. The predicted molar refractivity (Wildman–Crippen MR) is 130 cm³/mol. The molecular weight excluding hydrogens is 414 g/mol. The standard InChI is InChI=1S/C26H27N5O2/c1-16-17(2)27-26(29-25(16)33)31-19(4)21(18(3)30-31)14-15-24(32)28-23-13-9-8-12-22(23)20-10-6-5-7-11-20/h5-13H,14-15H2,1-4H3,(H,28,32)(H,27,29,33). The van der Waals surface area contributed by atoms with Crippen LogP contribution in [0, 0.1) is 27.7 Å². The van der Waals surface area contributed by atoms with Gasteiger partial charge >= 0.3 is 0 Å². The highest BCUT2D eigenvalue weighted by Crippen LogP contribution is 2.28. The molecule has 2 N–H and O–H groups in total. The highest BCUT2D eigenvalue weighted by Gasteiger charge is 2.17. The minimum Gasteiger partial charge on any atom is -0.326 e. The van der Waals surface area contributed by atoms with Crippen LogP contribution in [0.2, 0.25) is 0 Å². The summed E-state index contributed by atoms with van der Waals surface area (Å²) in [6.45, 7) is 7.37. The van der Waals surface area contributed by atoms with Crippen LogP contribution >= 0.6 is 0 Å². The van der Waals surface area contributed by atoms with E-state index in [1.165, 1.54) is 0 Å². The van der Waals surface area contributed by atoms with Gasteiger partial charge in [-0.05, 0) is 51.3 Å². The highest BCUT2D eigenvalue weighted by molar-refractivity contribution is 5.95. The van der Waals surface area contributed by atoms with Crippen LogP contribution in [0.25, 0.3) is 17.1 Å². The molecule has 4 aromatic rings. The van der Waals surface area contributed by atoms with Gasteiger partial charge in [0.2, 0.25) is 11.9 Å². The minimum atomic E-state index is -0.178. The number of aromatic amines is 1. The van der Waals surface area contributed by atoms with E-state index < -0.39 is 0 Å². The van der Waals surface area contributed by atoms with E-state index in [1.54, 1.807) is 18.5 Å². The molecule has 168 valence electrons. The summed E-state index contributed by atoms with van der Waals surface area (Å²) < 4.78 is 1.64. The van der Waals surface area contributed by atoms with Crippen molar-refractivity contribution < 1.29 is 4.79 Å². The molecule has 0 spiro atoms. The van der Waals surface area contributed by atoms with Gasteiger partial charge in [0.1, 0.15) is 0 Å². The van der Waals surface area contributed by atoms with Crippen LogP contribution in [0.5, 0.6) is 0 Å². The molecule has 2 heterocycles. The first-order valence-corrected chi connectivity index (χ1v) is 10.9. The largest absolute Gasteiger partial charge is 0.326 e. The second-order valence-electron chi connectivity index (χ2n) is 8.12. The summed E-state index contributed by atoms with van der Waals surface area (Å²) in [5, 5.41) is 7.61. The number of aromatic nitrogens is 4. The van der Waals surface area contributed by atoms with Crippen molar-refractivity contribution in [1.29, 1.82) is 0 Å². The molecule has 7 nitrogen and oxygen atoms in total. The molecule has 33 heavy (non-hydrogen) atoms. The van der Waals surface area contributed by atoms with E-state index in [0.717, 1.165) is 33.8 Å². The number of nitrogens with one attached hydrogen (secondary N) is 2. The van der Waals surface area contributed by atoms with Crippen molar-refractivity contribution in [3.8, 4) is 17.1 Å². The lowest BCUT2D eigenvalue weighted by atomic mass is 10.0. The van der Waals surface area contributed by atoms with Gasteiger partial charge in [-0.25, -0.2) is 9.67 Å². The molecule has 1 amide bonds. The van der Waals surface area contributed by atoms with Crippen molar-refractivity contribution >= 4 is 11.6 Å². The third-order valence-electron chi connectivity index (χ3n) is 5.91. The van der Waals surface area contributed by atoms with Crippen molar-refractivity contribution in [3.05, 3.63) is 93.2 Å². The van der Waals surface area contributed by atoms with Crippen LogP contribution in [0.3, 0.4) is 0 Å². The minimum absolute atomic E-state index is 0.0670. The Balaban J connectivity index is 1.51. The van der Waals surface area contributed by atoms with Crippen molar-refractivity contribution in [3.63, 3.8) is 0 Å². The number of para-hydroxylation sites is 1. The van der Waals surface area contributed by atoms with Gasteiger partial charge in [-0.2, -0.15) is 5.10 Å². The number of carbonyl (C=O) groups is 1. The molecule has 0 aliphatic carbocycles. The summed E-state index contributed by atoms with van der Waals surface area (Å²) in [5.74, 6) is 0.318. The van der Waals surface area contributed by atoms with Crippen molar-refractivity contribution in [2.45, 2.75) is 40.5 Å². The van der Waals surface area contributed by atoms with Crippen LogP contribution in [0.4, 0.5) is 5.69 Å². The third-order valence-corrected chi connectivity index (χ3v) is 5.91. The van der Waals surface area contributed by atoms with Gasteiger partial charge < -0.3 is 5.32 Å². The molecule has 7 heteroatoms. The smallest absolute Gasteiger partial charge is 0.255 e. The summed E-state index contributed by atoms with van der Waals surface area (Å²) in [4.78, 5) is 32.2. The van der Waals surface area contributed by atoms with E-state index in [9.17, 15) is 9.59 Å². The molecule has 0 saturated heterocycles. The first-order chi connectivity index (χ1) is 15.8. The lowest BCUT2D eigenvalue weighted by Crippen LogP contribution is -2.18. The number of anilines is 1. The van der Waals surface area contributed by atoms with Crippen molar-refractivity contribution in [1.82, 2.24) is 19.7 Å². The maximum Gasteiger partial charge on any atom is 0.255 e. The summed E-state index contributed by atoms with van der Waals surface area (Å²) in [5.41, 5.74) is 6.54.